The Bertz CT molecular complexity index is 328. The zero-order valence-electron chi connectivity index (χ0n) is 8.16. The fourth-order valence-electron chi connectivity index (χ4n) is 1.44. The SMILES string of the molecule is Fc1cccc(C(CI)OC2COC2)c1. The van der Waals surface area contributed by atoms with Gasteiger partial charge in [0.15, 0.2) is 0 Å². The molecule has 1 aromatic carbocycles. The van der Waals surface area contributed by atoms with E-state index in [0.717, 1.165) is 9.99 Å². The summed E-state index contributed by atoms with van der Waals surface area (Å²) in [5.41, 5.74) is 0.899. The molecule has 0 aliphatic carbocycles. The number of hydrogen-bond donors (Lipinski definition) is 0. The summed E-state index contributed by atoms with van der Waals surface area (Å²) < 4.78 is 24.6. The van der Waals surface area contributed by atoms with Crippen LogP contribution in [-0.2, 0) is 9.47 Å². The molecule has 0 spiro atoms. The third-order valence-electron chi connectivity index (χ3n) is 2.32. The minimum atomic E-state index is -0.212. The monoisotopic (exact) mass is 322 g/mol. The Kier molecular flexibility index (Phi) is 3.93. The van der Waals surface area contributed by atoms with Gasteiger partial charge in [-0.1, -0.05) is 34.7 Å². The van der Waals surface area contributed by atoms with Crippen LogP contribution in [-0.4, -0.2) is 23.7 Å². The summed E-state index contributed by atoms with van der Waals surface area (Å²) in [6.07, 6.45) is 0.142. The van der Waals surface area contributed by atoms with Gasteiger partial charge in [-0.05, 0) is 17.7 Å². The predicted octanol–water partition coefficient (Wildman–Crippen LogP) is 2.72. The van der Waals surface area contributed by atoms with Gasteiger partial charge in [-0.2, -0.15) is 0 Å². The molecule has 2 nitrogen and oxygen atoms in total. The molecule has 1 aliphatic heterocycles. The quantitative estimate of drug-likeness (QED) is 0.627. The molecule has 0 aromatic heterocycles. The summed E-state index contributed by atoms with van der Waals surface area (Å²) in [4.78, 5) is 0. The van der Waals surface area contributed by atoms with Crippen LogP contribution in [0.25, 0.3) is 0 Å². The molecular weight excluding hydrogens is 310 g/mol. The van der Waals surface area contributed by atoms with Crippen LogP contribution in [0, 0.1) is 5.82 Å². The molecule has 0 saturated carbocycles. The van der Waals surface area contributed by atoms with E-state index in [1.54, 1.807) is 6.07 Å². The summed E-state index contributed by atoms with van der Waals surface area (Å²) >= 11 is 2.25. The Balaban J connectivity index is 2.04. The van der Waals surface area contributed by atoms with Crippen LogP contribution in [0.2, 0.25) is 0 Å². The molecular formula is C11H12FIO2. The number of alkyl halides is 1. The summed E-state index contributed by atoms with van der Waals surface area (Å²) in [6.45, 7) is 1.31. The van der Waals surface area contributed by atoms with Crippen LogP contribution >= 0.6 is 22.6 Å². The van der Waals surface area contributed by atoms with Crippen molar-refractivity contribution >= 4 is 22.6 Å². The van der Waals surface area contributed by atoms with E-state index >= 15 is 0 Å². The van der Waals surface area contributed by atoms with Crippen molar-refractivity contribution in [2.24, 2.45) is 0 Å². The van der Waals surface area contributed by atoms with Crippen molar-refractivity contribution in [3.63, 3.8) is 0 Å². The van der Waals surface area contributed by atoms with E-state index in [-0.39, 0.29) is 18.0 Å². The van der Waals surface area contributed by atoms with Gasteiger partial charge in [-0.25, -0.2) is 4.39 Å². The second-order valence-electron chi connectivity index (χ2n) is 3.49. The normalized spacial score (nSPS) is 18.5. The first-order valence-corrected chi connectivity index (χ1v) is 6.37. The van der Waals surface area contributed by atoms with Gasteiger partial charge in [0.25, 0.3) is 0 Å². The molecule has 0 radical (unpaired) electrons. The van der Waals surface area contributed by atoms with Crippen molar-refractivity contribution in [1.82, 2.24) is 0 Å². The highest BCUT2D eigenvalue weighted by molar-refractivity contribution is 14.1. The standard InChI is InChI=1S/C11H12FIO2/c12-9-3-1-2-8(4-9)11(5-13)15-10-6-14-7-10/h1-4,10-11H,5-7H2. The molecule has 1 aliphatic rings. The molecule has 4 heteroatoms. The first kappa shape index (κ1) is 11.3. The van der Waals surface area contributed by atoms with Crippen LogP contribution in [0.15, 0.2) is 24.3 Å². The Morgan fingerprint density at radius 1 is 1.53 bits per heavy atom. The van der Waals surface area contributed by atoms with Crippen molar-refractivity contribution in [3.05, 3.63) is 35.6 Å². The van der Waals surface area contributed by atoms with Gasteiger partial charge in [-0.3, -0.25) is 0 Å². The Morgan fingerprint density at radius 3 is 2.87 bits per heavy atom. The molecule has 0 N–H and O–H groups in total. The van der Waals surface area contributed by atoms with E-state index in [4.69, 9.17) is 9.47 Å². The van der Waals surface area contributed by atoms with Crippen molar-refractivity contribution in [3.8, 4) is 0 Å². The summed E-state index contributed by atoms with van der Waals surface area (Å²) in [7, 11) is 0. The van der Waals surface area contributed by atoms with Crippen LogP contribution in [0.4, 0.5) is 4.39 Å². The first-order chi connectivity index (χ1) is 7.29. The Morgan fingerprint density at radius 2 is 2.33 bits per heavy atom. The Labute approximate surface area is 102 Å². The molecule has 1 heterocycles. The Hall–Kier alpha value is -0.200. The number of halogens is 2. The van der Waals surface area contributed by atoms with E-state index in [9.17, 15) is 4.39 Å². The maximum absolute atomic E-state index is 13.0. The summed E-state index contributed by atoms with van der Waals surface area (Å²) in [6, 6.07) is 6.58. The highest BCUT2D eigenvalue weighted by atomic mass is 127. The van der Waals surface area contributed by atoms with Crippen molar-refractivity contribution in [1.29, 1.82) is 0 Å². The van der Waals surface area contributed by atoms with E-state index in [2.05, 4.69) is 22.6 Å². The smallest absolute Gasteiger partial charge is 0.123 e. The molecule has 1 atom stereocenters. The van der Waals surface area contributed by atoms with Gasteiger partial charge >= 0.3 is 0 Å². The fraction of sp³-hybridized carbons (Fsp3) is 0.455. The van der Waals surface area contributed by atoms with Crippen molar-refractivity contribution < 1.29 is 13.9 Å². The molecule has 0 bridgehead atoms. The zero-order chi connectivity index (χ0) is 10.7. The lowest BCUT2D eigenvalue weighted by atomic mass is 10.1. The second-order valence-corrected chi connectivity index (χ2v) is 4.37. The second kappa shape index (κ2) is 5.23. The molecule has 1 saturated heterocycles. The number of hydrogen-bond acceptors (Lipinski definition) is 2. The lowest BCUT2D eigenvalue weighted by molar-refractivity contribution is -0.150. The van der Waals surface area contributed by atoms with Crippen LogP contribution < -0.4 is 0 Å². The van der Waals surface area contributed by atoms with Gasteiger partial charge in [0.2, 0.25) is 0 Å². The van der Waals surface area contributed by atoms with Crippen LogP contribution in [0.1, 0.15) is 11.7 Å². The van der Waals surface area contributed by atoms with Gasteiger partial charge in [0.1, 0.15) is 11.9 Å². The molecule has 15 heavy (non-hydrogen) atoms. The average Bonchev–Trinajstić information content (AvgIpc) is 2.16. The topological polar surface area (TPSA) is 18.5 Å². The van der Waals surface area contributed by atoms with E-state index in [1.807, 2.05) is 6.07 Å². The molecule has 2 rings (SSSR count). The van der Waals surface area contributed by atoms with E-state index in [0.29, 0.717) is 13.2 Å². The van der Waals surface area contributed by atoms with Gasteiger partial charge in [0.05, 0.1) is 19.3 Å². The number of benzene rings is 1. The average molecular weight is 322 g/mol. The minimum Gasteiger partial charge on any atom is -0.376 e. The zero-order valence-corrected chi connectivity index (χ0v) is 10.3. The lowest BCUT2D eigenvalue weighted by Gasteiger charge is -2.30. The number of rotatable bonds is 4. The largest absolute Gasteiger partial charge is 0.376 e. The summed E-state index contributed by atoms with van der Waals surface area (Å²) in [5.74, 6) is -0.212. The maximum Gasteiger partial charge on any atom is 0.123 e. The third-order valence-corrected chi connectivity index (χ3v) is 3.12. The van der Waals surface area contributed by atoms with Crippen LogP contribution in [0.5, 0.6) is 0 Å². The predicted molar refractivity (Wildman–Crippen MR) is 63.7 cm³/mol. The van der Waals surface area contributed by atoms with Gasteiger partial charge in [-0.15, -0.1) is 0 Å². The number of ether oxygens (including phenoxy) is 2. The maximum atomic E-state index is 13.0. The van der Waals surface area contributed by atoms with Crippen LogP contribution in [0.3, 0.4) is 0 Å². The fourth-order valence-corrected chi connectivity index (χ4v) is 2.15. The lowest BCUT2D eigenvalue weighted by Crippen LogP contribution is -2.37. The first-order valence-electron chi connectivity index (χ1n) is 4.84. The van der Waals surface area contributed by atoms with E-state index in [1.165, 1.54) is 12.1 Å². The van der Waals surface area contributed by atoms with Crippen molar-refractivity contribution in [2.45, 2.75) is 12.2 Å². The third kappa shape index (κ3) is 2.89. The van der Waals surface area contributed by atoms with Crippen molar-refractivity contribution in [2.75, 3.05) is 17.6 Å². The summed E-state index contributed by atoms with van der Waals surface area (Å²) in [5, 5.41) is 0. The van der Waals surface area contributed by atoms with Gasteiger partial charge in [0, 0.05) is 4.43 Å². The molecule has 0 amide bonds. The minimum absolute atomic E-state index is 0.0322. The molecule has 1 unspecified atom stereocenters. The highest BCUT2D eigenvalue weighted by Crippen LogP contribution is 2.24. The molecule has 1 fully saturated rings. The molecule has 1 aromatic rings. The van der Waals surface area contributed by atoms with E-state index < -0.39 is 0 Å². The van der Waals surface area contributed by atoms with Gasteiger partial charge < -0.3 is 9.47 Å². The highest BCUT2D eigenvalue weighted by Gasteiger charge is 2.23. The molecule has 82 valence electrons.